The lowest BCUT2D eigenvalue weighted by atomic mass is 9.89. The maximum absolute atomic E-state index is 12.2. The Bertz CT molecular complexity index is 680. The lowest BCUT2D eigenvalue weighted by Gasteiger charge is -2.31. The number of hydrogen-bond acceptors (Lipinski definition) is 4. The number of rotatable bonds is 6. The normalized spacial score (nSPS) is 15.0. The zero-order valence-electron chi connectivity index (χ0n) is 18.4. The number of likely N-dealkylation sites (tertiary alicyclic amines) is 1. The molecule has 0 unspecified atom stereocenters. The zero-order valence-corrected chi connectivity index (χ0v) is 19.4. The highest BCUT2D eigenvalue weighted by molar-refractivity contribution is 6.55. The van der Waals surface area contributed by atoms with Crippen LogP contribution in [0.25, 0.3) is 0 Å². The largest absolute Gasteiger partial charge is 0.447 e. The van der Waals surface area contributed by atoms with E-state index in [1.54, 1.807) is 0 Å². The molecule has 2 rings (SSSR count). The van der Waals surface area contributed by atoms with Crippen LogP contribution in [0.3, 0.4) is 0 Å². The Morgan fingerprint density at radius 1 is 1.21 bits per heavy atom. The summed E-state index contributed by atoms with van der Waals surface area (Å²) in [5.41, 5.74) is 1.80. The first-order valence-corrected chi connectivity index (χ1v) is 13.1. The van der Waals surface area contributed by atoms with E-state index >= 15 is 0 Å². The highest BCUT2D eigenvalue weighted by Crippen LogP contribution is 2.28. The van der Waals surface area contributed by atoms with Crippen LogP contribution in [0.1, 0.15) is 50.7 Å². The molecule has 29 heavy (non-hydrogen) atoms. The van der Waals surface area contributed by atoms with Crippen LogP contribution >= 0.6 is 0 Å². The maximum Gasteiger partial charge on any atom is 0.409 e. The Labute approximate surface area is 176 Å². The number of carbonyl (C=O) groups is 2. The molecule has 160 valence electrons. The monoisotopic (exact) mass is 419 g/mol. The Morgan fingerprint density at radius 2 is 1.90 bits per heavy atom. The van der Waals surface area contributed by atoms with Crippen LogP contribution in [0.2, 0.25) is 19.1 Å². The maximum atomic E-state index is 12.2. The second-order valence-electron chi connectivity index (χ2n) is 8.93. The van der Waals surface area contributed by atoms with Crippen molar-refractivity contribution in [2.75, 3.05) is 19.7 Å². The summed E-state index contributed by atoms with van der Waals surface area (Å²) >= 11 is 0. The van der Waals surface area contributed by atoms with E-state index in [9.17, 15) is 9.59 Å². The minimum absolute atomic E-state index is 0.179. The third-order valence-electron chi connectivity index (χ3n) is 4.84. The summed E-state index contributed by atoms with van der Waals surface area (Å²) in [4.78, 5) is 25.9. The quantitative estimate of drug-likeness (QED) is 0.674. The summed E-state index contributed by atoms with van der Waals surface area (Å²) in [7, 11) is -0.358. The van der Waals surface area contributed by atoms with Crippen molar-refractivity contribution >= 4 is 21.0 Å². The van der Waals surface area contributed by atoms with E-state index in [1.165, 1.54) is 5.56 Å². The Morgan fingerprint density at radius 3 is 2.52 bits per heavy atom. The van der Waals surface area contributed by atoms with Crippen molar-refractivity contribution in [1.82, 2.24) is 10.2 Å². The Balaban J connectivity index is 1.81. The topological polar surface area (TPSA) is 67.9 Å². The number of benzene rings is 1. The molecule has 0 bridgehead atoms. The third-order valence-corrected chi connectivity index (χ3v) is 6.04. The van der Waals surface area contributed by atoms with Gasteiger partial charge in [0.2, 0.25) is 0 Å². The number of carbonyl (C=O) groups excluding carboxylic acids is 2. The zero-order chi connectivity index (χ0) is 21.4. The van der Waals surface area contributed by atoms with Crippen molar-refractivity contribution in [3.63, 3.8) is 0 Å². The number of amides is 2. The first-order valence-electron chi connectivity index (χ1n) is 10.4. The highest BCUT2D eigenvalue weighted by atomic mass is 28.3. The van der Waals surface area contributed by atoms with Gasteiger partial charge in [0.1, 0.15) is 18.3 Å². The van der Waals surface area contributed by atoms with Crippen molar-refractivity contribution < 1.29 is 19.1 Å². The first kappa shape index (κ1) is 23.3. The van der Waals surface area contributed by atoms with Gasteiger partial charge in [-0.3, -0.25) is 0 Å². The molecule has 0 aromatic heterocycles. The van der Waals surface area contributed by atoms with Gasteiger partial charge in [-0.15, -0.1) is 0 Å². The lowest BCUT2D eigenvalue weighted by Crippen LogP contribution is -2.38. The number of nitrogens with zero attached hydrogens (tertiary/aromatic N) is 1. The van der Waals surface area contributed by atoms with Crippen molar-refractivity contribution in [2.24, 2.45) is 0 Å². The fourth-order valence-electron chi connectivity index (χ4n) is 3.27. The fraction of sp³-hybridized carbons (Fsp3) is 0.636. The van der Waals surface area contributed by atoms with E-state index in [2.05, 4.69) is 30.5 Å². The predicted molar refractivity (Wildman–Crippen MR) is 117 cm³/mol. The first-order chi connectivity index (χ1) is 13.6. The molecule has 2 amide bonds. The number of hydrogen-bond donors (Lipinski definition) is 1. The number of piperidine rings is 1. The fourth-order valence-corrected chi connectivity index (χ4v) is 3.78. The van der Waals surface area contributed by atoms with Crippen molar-refractivity contribution in [1.29, 1.82) is 0 Å². The van der Waals surface area contributed by atoms with Crippen LogP contribution in [-0.4, -0.2) is 51.2 Å². The highest BCUT2D eigenvalue weighted by Gasteiger charge is 2.25. The predicted octanol–water partition coefficient (Wildman–Crippen LogP) is 4.78. The van der Waals surface area contributed by atoms with E-state index in [4.69, 9.17) is 9.47 Å². The Hall–Kier alpha value is -2.02. The number of ether oxygens (including phenoxy) is 2. The molecule has 1 aliphatic rings. The molecule has 0 radical (unpaired) electrons. The SMILES string of the molecule is C[Si+](C)CCOC(=O)N1CCC(c2cccc(CNC(=O)OC(C)(C)C)c2)CC1. The van der Waals surface area contributed by atoms with Gasteiger partial charge in [0.25, 0.3) is 0 Å². The van der Waals surface area contributed by atoms with E-state index in [0.717, 1.165) is 37.5 Å². The molecule has 0 saturated carbocycles. The van der Waals surface area contributed by atoms with Gasteiger partial charge in [-0.1, -0.05) is 24.3 Å². The van der Waals surface area contributed by atoms with E-state index in [0.29, 0.717) is 19.1 Å². The molecule has 1 N–H and O–H groups in total. The van der Waals surface area contributed by atoms with Gasteiger partial charge in [-0.05, 0) is 50.7 Å². The van der Waals surface area contributed by atoms with Gasteiger partial charge in [0.05, 0.1) is 13.1 Å². The number of nitrogens with one attached hydrogen (secondary N) is 1. The Kier molecular flexibility index (Phi) is 8.55. The lowest BCUT2D eigenvalue weighted by molar-refractivity contribution is 0.0523. The summed E-state index contributed by atoms with van der Waals surface area (Å²) in [6.45, 7) is 12.4. The second kappa shape index (κ2) is 10.7. The van der Waals surface area contributed by atoms with Gasteiger partial charge in [0, 0.05) is 19.6 Å². The van der Waals surface area contributed by atoms with Gasteiger partial charge in [0.15, 0.2) is 0 Å². The number of alkyl carbamates (subject to hydrolysis) is 1. The summed E-state index contributed by atoms with van der Waals surface area (Å²) in [6, 6.07) is 9.29. The summed E-state index contributed by atoms with van der Waals surface area (Å²) in [5, 5.41) is 2.81. The molecule has 0 spiro atoms. The minimum atomic E-state index is -0.503. The van der Waals surface area contributed by atoms with Gasteiger partial charge in [-0.2, -0.15) is 0 Å². The minimum Gasteiger partial charge on any atom is -0.447 e. The molecule has 1 heterocycles. The molecule has 1 aliphatic heterocycles. The molecule has 1 aromatic rings. The van der Waals surface area contributed by atoms with Crippen molar-refractivity contribution in [3.8, 4) is 0 Å². The second-order valence-corrected chi connectivity index (χ2v) is 11.8. The molecule has 1 fully saturated rings. The van der Waals surface area contributed by atoms with E-state index < -0.39 is 11.7 Å². The van der Waals surface area contributed by atoms with Gasteiger partial charge >= 0.3 is 21.0 Å². The summed E-state index contributed by atoms with van der Waals surface area (Å²) < 4.78 is 10.7. The van der Waals surface area contributed by atoms with Gasteiger partial charge in [-0.25, -0.2) is 9.59 Å². The van der Waals surface area contributed by atoms with Crippen LogP contribution in [0, 0.1) is 0 Å². The standard InChI is InChI=1S/C22H34N2O4Si/c1-22(2,3)28-20(25)23-16-17-7-6-8-19(15-17)18-9-11-24(12-10-18)21(26)27-13-14-29(4)5/h6-8,15,18H,9-14,16H2,1-5H3/p+1. The van der Waals surface area contributed by atoms with Crippen LogP contribution in [0.15, 0.2) is 24.3 Å². The van der Waals surface area contributed by atoms with E-state index in [-0.39, 0.29) is 14.9 Å². The van der Waals surface area contributed by atoms with Crippen LogP contribution < -0.4 is 5.32 Å². The van der Waals surface area contributed by atoms with Crippen LogP contribution in [-0.2, 0) is 16.0 Å². The molecule has 1 aromatic carbocycles. The smallest absolute Gasteiger partial charge is 0.409 e. The molecule has 1 saturated heterocycles. The molecule has 7 heteroatoms. The van der Waals surface area contributed by atoms with Crippen LogP contribution in [0.5, 0.6) is 0 Å². The molecule has 6 nitrogen and oxygen atoms in total. The molecule has 0 atom stereocenters. The molecule has 0 aliphatic carbocycles. The third kappa shape index (κ3) is 8.48. The van der Waals surface area contributed by atoms with Crippen molar-refractivity contribution in [2.45, 2.75) is 70.8 Å². The average Bonchev–Trinajstić information content (AvgIpc) is 2.65. The average molecular weight is 420 g/mol. The van der Waals surface area contributed by atoms with Gasteiger partial charge < -0.3 is 19.7 Å². The molecular weight excluding hydrogens is 384 g/mol. The van der Waals surface area contributed by atoms with Crippen LogP contribution in [0.4, 0.5) is 9.59 Å². The van der Waals surface area contributed by atoms with E-state index in [1.807, 2.05) is 37.8 Å². The van der Waals surface area contributed by atoms with Crippen molar-refractivity contribution in [3.05, 3.63) is 35.4 Å². The summed E-state index contributed by atoms with van der Waals surface area (Å²) in [5.74, 6) is 0.418. The summed E-state index contributed by atoms with van der Waals surface area (Å²) in [6.07, 6.45) is 1.26. The molecular formula is C22H35N2O4Si+.